The van der Waals surface area contributed by atoms with Gasteiger partial charge < -0.3 is 10.1 Å². The standard InChI is InChI=1S/C19H18N2O2/c1-15-12-16(9-10-18(15)13-20)8-5-11-21-19(22)23-14-17-6-3-2-4-7-17/h2-10,12H,11,14H2,1H3,(H,21,22). The third kappa shape index (κ3) is 5.33. The van der Waals surface area contributed by atoms with E-state index in [0.717, 1.165) is 16.7 Å². The van der Waals surface area contributed by atoms with Gasteiger partial charge in [-0.1, -0.05) is 54.6 Å². The van der Waals surface area contributed by atoms with Gasteiger partial charge in [-0.3, -0.25) is 0 Å². The van der Waals surface area contributed by atoms with Crippen LogP contribution in [-0.2, 0) is 11.3 Å². The number of alkyl carbamates (subject to hydrolysis) is 1. The summed E-state index contributed by atoms with van der Waals surface area (Å²) in [5.41, 5.74) is 3.54. The molecule has 0 unspecified atom stereocenters. The zero-order valence-electron chi connectivity index (χ0n) is 13.0. The van der Waals surface area contributed by atoms with Crippen molar-refractivity contribution >= 4 is 12.2 Å². The second kappa shape index (κ2) is 8.40. The summed E-state index contributed by atoms with van der Waals surface area (Å²) in [4.78, 5) is 11.6. The summed E-state index contributed by atoms with van der Waals surface area (Å²) in [6, 6.07) is 17.3. The van der Waals surface area contributed by atoms with E-state index in [1.54, 1.807) is 6.07 Å². The molecule has 1 N–H and O–H groups in total. The predicted molar refractivity (Wildman–Crippen MR) is 89.6 cm³/mol. The lowest BCUT2D eigenvalue weighted by atomic mass is 10.1. The minimum atomic E-state index is -0.450. The topological polar surface area (TPSA) is 62.1 Å². The van der Waals surface area contributed by atoms with Gasteiger partial charge in [-0.15, -0.1) is 0 Å². The molecule has 0 fully saturated rings. The first kappa shape index (κ1) is 16.3. The molecule has 23 heavy (non-hydrogen) atoms. The molecule has 1 amide bonds. The molecule has 0 atom stereocenters. The maximum atomic E-state index is 11.6. The van der Waals surface area contributed by atoms with Crippen molar-refractivity contribution in [3.05, 3.63) is 76.9 Å². The molecule has 4 nitrogen and oxygen atoms in total. The summed E-state index contributed by atoms with van der Waals surface area (Å²) < 4.78 is 5.11. The average Bonchev–Trinajstić information content (AvgIpc) is 2.58. The summed E-state index contributed by atoms with van der Waals surface area (Å²) in [5.74, 6) is 0. The molecule has 2 aromatic carbocycles. The average molecular weight is 306 g/mol. The van der Waals surface area contributed by atoms with Crippen LogP contribution in [0.2, 0.25) is 0 Å². The summed E-state index contributed by atoms with van der Waals surface area (Å²) in [7, 11) is 0. The summed E-state index contributed by atoms with van der Waals surface area (Å²) in [6.07, 6.45) is 3.28. The minimum Gasteiger partial charge on any atom is -0.445 e. The molecule has 0 saturated carbocycles. The fourth-order valence-electron chi connectivity index (χ4n) is 2.03. The normalized spacial score (nSPS) is 10.3. The van der Waals surface area contributed by atoms with Crippen molar-refractivity contribution in [3.8, 4) is 6.07 Å². The Morgan fingerprint density at radius 3 is 2.74 bits per heavy atom. The van der Waals surface area contributed by atoms with Crippen molar-refractivity contribution < 1.29 is 9.53 Å². The van der Waals surface area contributed by atoms with E-state index in [0.29, 0.717) is 12.1 Å². The van der Waals surface area contributed by atoms with E-state index in [1.807, 2.05) is 61.5 Å². The first-order valence-corrected chi connectivity index (χ1v) is 7.31. The van der Waals surface area contributed by atoms with Gasteiger partial charge in [0.2, 0.25) is 0 Å². The van der Waals surface area contributed by atoms with Crippen LogP contribution in [0.15, 0.2) is 54.6 Å². The Kier molecular flexibility index (Phi) is 5.96. The van der Waals surface area contributed by atoms with Crippen molar-refractivity contribution in [1.82, 2.24) is 5.32 Å². The van der Waals surface area contributed by atoms with Crippen LogP contribution in [-0.4, -0.2) is 12.6 Å². The molecular formula is C19H18N2O2. The van der Waals surface area contributed by atoms with Crippen molar-refractivity contribution in [2.75, 3.05) is 6.54 Å². The summed E-state index contributed by atoms with van der Waals surface area (Å²) in [5, 5.41) is 11.5. The molecule has 0 saturated heterocycles. The quantitative estimate of drug-likeness (QED) is 0.913. The van der Waals surface area contributed by atoms with E-state index < -0.39 is 6.09 Å². The molecule has 0 radical (unpaired) electrons. The number of nitrogens with zero attached hydrogens (tertiary/aromatic N) is 1. The number of carbonyl (C=O) groups is 1. The lowest BCUT2D eigenvalue weighted by Crippen LogP contribution is -2.24. The molecule has 0 aliphatic carbocycles. The number of hydrogen-bond donors (Lipinski definition) is 1. The highest BCUT2D eigenvalue weighted by molar-refractivity contribution is 5.67. The van der Waals surface area contributed by atoms with Gasteiger partial charge in [0.25, 0.3) is 0 Å². The summed E-state index contributed by atoms with van der Waals surface area (Å²) in [6.45, 7) is 2.53. The van der Waals surface area contributed by atoms with Gasteiger partial charge in [0.05, 0.1) is 11.6 Å². The molecule has 116 valence electrons. The van der Waals surface area contributed by atoms with E-state index in [9.17, 15) is 4.79 Å². The van der Waals surface area contributed by atoms with Crippen LogP contribution >= 0.6 is 0 Å². The van der Waals surface area contributed by atoms with Gasteiger partial charge in [0, 0.05) is 6.54 Å². The SMILES string of the molecule is Cc1cc(C=CCNC(=O)OCc2ccccc2)ccc1C#N. The molecule has 0 aliphatic heterocycles. The molecule has 0 aliphatic rings. The third-order valence-electron chi connectivity index (χ3n) is 3.26. The van der Waals surface area contributed by atoms with Gasteiger partial charge in [-0.2, -0.15) is 5.26 Å². The summed E-state index contributed by atoms with van der Waals surface area (Å²) >= 11 is 0. The van der Waals surface area contributed by atoms with Crippen LogP contribution in [0.5, 0.6) is 0 Å². The fourth-order valence-corrected chi connectivity index (χ4v) is 2.03. The first-order chi connectivity index (χ1) is 11.2. The van der Waals surface area contributed by atoms with Crippen molar-refractivity contribution in [2.45, 2.75) is 13.5 Å². The minimum absolute atomic E-state index is 0.255. The highest BCUT2D eigenvalue weighted by atomic mass is 16.5. The Morgan fingerprint density at radius 2 is 2.04 bits per heavy atom. The van der Waals surface area contributed by atoms with E-state index in [-0.39, 0.29) is 6.61 Å². The maximum absolute atomic E-state index is 11.6. The zero-order chi connectivity index (χ0) is 16.5. The first-order valence-electron chi connectivity index (χ1n) is 7.31. The number of carbonyl (C=O) groups excluding carboxylic acids is 1. The number of benzene rings is 2. The molecule has 0 aromatic heterocycles. The Labute approximate surface area is 136 Å². The van der Waals surface area contributed by atoms with Gasteiger partial charge in [-0.25, -0.2) is 4.79 Å². The fraction of sp³-hybridized carbons (Fsp3) is 0.158. The Bertz CT molecular complexity index is 731. The number of nitriles is 1. The van der Waals surface area contributed by atoms with Crippen molar-refractivity contribution in [1.29, 1.82) is 5.26 Å². The largest absolute Gasteiger partial charge is 0.445 e. The molecule has 2 aromatic rings. The predicted octanol–water partition coefficient (Wildman–Crippen LogP) is 3.81. The molecule has 0 heterocycles. The molecule has 2 rings (SSSR count). The number of hydrogen-bond acceptors (Lipinski definition) is 3. The molecule has 4 heteroatoms. The number of rotatable bonds is 5. The highest BCUT2D eigenvalue weighted by Crippen LogP contribution is 2.11. The number of ether oxygens (including phenoxy) is 1. The number of nitrogens with one attached hydrogen (secondary N) is 1. The van der Waals surface area contributed by atoms with Crippen LogP contribution in [0.25, 0.3) is 6.08 Å². The van der Waals surface area contributed by atoms with Gasteiger partial charge in [-0.05, 0) is 29.7 Å². The molecular weight excluding hydrogens is 288 g/mol. The zero-order valence-corrected chi connectivity index (χ0v) is 13.0. The van der Waals surface area contributed by atoms with E-state index in [4.69, 9.17) is 10.00 Å². The van der Waals surface area contributed by atoms with Crippen LogP contribution in [0.3, 0.4) is 0 Å². The van der Waals surface area contributed by atoms with E-state index in [2.05, 4.69) is 11.4 Å². The van der Waals surface area contributed by atoms with Gasteiger partial charge in [0.1, 0.15) is 6.61 Å². The van der Waals surface area contributed by atoms with Crippen LogP contribution in [0.1, 0.15) is 22.3 Å². The van der Waals surface area contributed by atoms with Gasteiger partial charge in [0.15, 0.2) is 0 Å². The maximum Gasteiger partial charge on any atom is 0.407 e. The number of amides is 1. The van der Waals surface area contributed by atoms with Crippen LogP contribution in [0.4, 0.5) is 4.79 Å². The second-order valence-corrected chi connectivity index (χ2v) is 5.03. The highest BCUT2D eigenvalue weighted by Gasteiger charge is 2.00. The smallest absolute Gasteiger partial charge is 0.407 e. The second-order valence-electron chi connectivity index (χ2n) is 5.03. The van der Waals surface area contributed by atoms with Gasteiger partial charge >= 0.3 is 6.09 Å². The molecule has 0 bridgehead atoms. The number of aryl methyl sites for hydroxylation is 1. The van der Waals surface area contributed by atoms with E-state index in [1.165, 1.54) is 0 Å². The Morgan fingerprint density at radius 1 is 1.26 bits per heavy atom. The van der Waals surface area contributed by atoms with Crippen molar-refractivity contribution in [2.24, 2.45) is 0 Å². The Hall–Kier alpha value is -3.06. The van der Waals surface area contributed by atoms with Crippen LogP contribution in [0, 0.1) is 18.3 Å². The van der Waals surface area contributed by atoms with E-state index >= 15 is 0 Å². The molecule has 0 spiro atoms. The lowest BCUT2D eigenvalue weighted by molar-refractivity contribution is 0.141. The van der Waals surface area contributed by atoms with Crippen LogP contribution < -0.4 is 5.32 Å². The van der Waals surface area contributed by atoms with Crippen molar-refractivity contribution in [3.63, 3.8) is 0 Å². The Balaban J connectivity index is 1.75. The monoisotopic (exact) mass is 306 g/mol. The lowest BCUT2D eigenvalue weighted by Gasteiger charge is -2.05. The third-order valence-corrected chi connectivity index (χ3v) is 3.26.